The fourth-order valence-electron chi connectivity index (χ4n) is 3.14. The van der Waals surface area contributed by atoms with Crippen LogP contribution in [0.25, 0.3) is 0 Å². The van der Waals surface area contributed by atoms with Gasteiger partial charge in [0.1, 0.15) is 5.56 Å². The summed E-state index contributed by atoms with van der Waals surface area (Å²) in [5, 5.41) is 3.05. The van der Waals surface area contributed by atoms with Crippen LogP contribution in [-0.2, 0) is 10.0 Å². The number of anilines is 1. The van der Waals surface area contributed by atoms with Gasteiger partial charge in [-0.25, -0.2) is 23.1 Å². The number of ketones is 1. The number of hydrogen-bond acceptors (Lipinski definition) is 7. The third-order valence-corrected chi connectivity index (χ3v) is 6.41. The molecule has 0 radical (unpaired) electrons. The average molecular weight is 498 g/mol. The topological polar surface area (TPSA) is 144 Å². The molecule has 4 rings (SSSR count). The molecule has 172 valence electrons. The number of sulfonamides is 1. The number of rotatable bonds is 6. The number of nitrogens with one attached hydrogen (secondary N) is 2. The van der Waals surface area contributed by atoms with Crippen LogP contribution in [0.3, 0.4) is 0 Å². The van der Waals surface area contributed by atoms with E-state index in [1.54, 1.807) is 0 Å². The zero-order chi connectivity index (χ0) is 24.5. The molecule has 0 spiro atoms. The summed E-state index contributed by atoms with van der Waals surface area (Å²) in [6.45, 7) is 1.49. The molecule has 2 N–H and O–H groups in total. The van der Waals surface area contributed by atoms with Gasteiger partial charge in [-0.3, -0.25) is 19.5 Å². The van der Waals surface area contributed by atoms with E-state index in [0.29, 0.717) is 5.02 Å². The average Bonchev–Trinajstić information content (AvgIpc) is 3.13. The van der Waals surface area contributed by atoms with Crippen molar-refractivity contribution in [2.75, 3.05) is 4.72 Å². The summed E-state index contributed by atoms with van der Waals surface area (Å²) in [7, 11) is -3.99. The van der Waals surface area contributed by atoms with Crippen molar-refractivity contribution in [3.63, 3.8) is 0 Å². The van der Waals surface area contributed by atoms with Crippen molar-refractivity contribution in [3.05, 3.63) is 105 Å². The highest BCUT2D eigenvalue weighted by Crippen LogP contribution is 2.17. The van der Waals surface area contributed by atoms with Crippen molar-refractivity contribution < 1.29 is 18.0 Å². The van der Waals surface area contributed by atoms with E-state index in [4.69, 9.17) is 11.6 Å². The Morgan fingerprint density at radius 1 is 0.971 bits per heavy atom. The molecule has 0 unspecified atom stereocenters. The molecule has 2 aromatic heterocycles. The van der Waals surface area contributed by atoms with Crippen molar-refractivity contribution >= 4 is 39.3 Å². The van der Waals surface area contributed by atoms with Crippen LogP contribution in [0.4, 0.5) is 5.95 Å². The van der Waals surface area contributed by atoms with Gasteiger partial charge in [-0.2, -0.15) is 4.68 Å². The fraction of sp³-hybridized carbons (Fsp3) is 0.0455. The maximum Gasteiger partial charge on any atom is 0.285 e. The largest absolute Gasteiger partial charge is 0.292 e. The Kier molecular flexibility index (Phi) is 6.14. The van der Waals surface area contributed by atoms with Crippen LogP contribution in [0.5, 0.6) is 0 Å². The standard InChI is InChI=1S/C22H16ClN5O5S/c1-13-18(21(31)28(26-13)20(30)15-3-7-16(23)8-4-15)19(29)14-5-9-17(10-6-14)34(32,33)27-22-24-11-2-12-25-22/h2-12,26H,1H3,(H,24,25,27). The van der Waals surface area contributed by atoms with Gasteiger partial charge in [-0.05, 0) is 61.5 Å². The van der Waals surface area contributed by atoms with E-state index in [2.05, 4.69) is 19.8 Å². The predicted octanol–water partition coefficient (Wildman–Crippen LogP) is 2.65. The normalized spacial score (nSPS) is 11.2. The third-order valence-electron chi connectivity index (χ3n) is 4.81. The van der Waals surface area contributed by atoms with E-state index >= 15 is 0 Å². The van der Waals surface area contributed by atoms with Gasteiger partial charge in [0, 0.05) is 34.2 Å². The second kappa shape index (κ2) is 9.04. The first-order valence-corrected chi connectivity index (χ1v) is 11.6. The summed E-state index contributed by atoms with van der Waals surface area (Å²) < 4.78 is 28.0. The number of hydrogen-bond donors (Lipinski definition) is 2. The van der Waals surface area contributed by atoms with Crippen molar-refractivity contribution in [3.8, 4) is 0 Å². The number of aryl methyl sites for hydroxylation is 1. The zero-order valence-electron chi connectivity index (χ0n) is 17.5. The highest BCUT2D eigenvalue weighted by atomic mass is 35.5. The van der Waals surface area contributed by atoms with Crippen LogP contribution in [-0.4, -0.2) is 39.9 Å². The zero-order valence-corrected chi connectivity index (χ0v) is 19.1. The lowest BCUT2D eigenvalue weighted by molar-refractivity contribution is 0.0941. The second-order valence-corrected chi connectivity index (χ2v) is 9.21. The molecular formula is C22H16ClN5O5S. The van der Waals surface area contributed by atoms with Crippen LogP contribution >= 0.6 is 11.6 Å². The van der Waals surface area contributed by atoms with Gasteiger partial charge in [-0.1, -0.05) is 11.6 Å². The minimum absolute atomic E-state index is 0.0696. The van der Waals surface area contributed by atoms with Crippen molar-refractivity contribution in [2.24, 2.45) is 0 Å². The SMILES string of the molecule is Cc1[nH]n(C(=O)c2ccc(Cl)cc2)c(=O)c1C(=O)c1ccc(S(=O)(=O)Nc2ncccn2)cc1. The first-order valence-electron chi connectivity index (χ1n) is 9.74. The molecule has 0 amide bonds. The molecule has 2 heterocycles. The number of carbonyl (C=O) groups is 2. The Bertz CT molecular complexity index is 1540. The first kappa shape index (κ1) is 23.1. The summed E-state index contributed by atoms with van der Waals surface area (Å²) in [5.41, 5.74) is -0.580. The van der Waals surface area contributed by atoms with Crippen molar-refractivity contribution in [2.45, 2.75) is 11.8 Å². The van der Waals surface area contributed by atoms with E-state index in [9.17, 15) is 22.8 Å². The van der Waals surface area contributed by atoms with E-state index in [-0.39, 0.29) is 33.2 Å². The van der Waals surface area contributed by atoms with E-state index in [0.717, 1.165) is 4.68 Å². The molecule has 0 saturated heterocycles. The first-order chi connectivity index (χ1) is 16.2. The number of nitrogens with zero attached hydrogens (tertiary/aromatic N) is 3. The molecule has 0 aliphatic carbocycles. The highest BCUT2D eigenvalue weighted by molar-refractivity contribution is 7.92. The van der Waals surface area contributed by atoms with Gasteiger partial charge in [0.2, 0.25) is 5.95 Å². The van der Waals surface area contributed by atoms with Gasteiger partial charge < -0.3 is 0 Å². The van der Waals surface area contributed by atoms with Crippen LogP contribution < -0.4 is 10.3 Å². The van der Waals surface area contributed by atoms with Crippen LogP contribution in [0.15, 0.2) is 76.7 Å². The summed E-state index contributed by atoms with van der Waals surface area (Å²) in [4.78, 5) is 46.1. The Balaban J connectivity index is 1.61. The molecular weight excluding hydrogens is 482 g/mol. The number of aromatic nitrogens is 4. The number of benzene rings is 2. The molecule has 0 bridgehead atoms. The quantitative estimate of drug-likeness (QED) is 0.389. The number of aromatic amines is 1. The lowest BCUT2D eigenvalue weighted by Crippen LogP contribution is -2.28. The summed E-state index contributed by atoms with van der Waals surface area (Å²) >= 11 is 5.83. The Hall–Kier alpha value is -4.09. The van der Waals surface area contributed by atoms with Crippen LogP contribution in [0.2, 0.25) is 5.02 Å². The molecule has 4 aromatic rings. The molecule has 0 saturated carbocycles. The molecule has 0 aliphatic heterocycles. The van der Waals surface area contributed by atoms with E-state index < -0.39 is 27.3 Å². The fourth-order valence-corrected chi connectivity index (χ4v) is 4.22. The van der Waals surface area contributed by atoms with Crippen LogP contribution in [0.1, 0.15) is 32.0 Å². The number of carbonyl (C=O) groups excluding carboxylic acids is 2. The molecule has 34 heavy (non-hydrogen) atoms. The Morgan fingerprint density at radius 2 is 1.56 bits per heavy atom. The Morgan fingerprint density at radius 3 is 2.18 bits per heavy atom. The Labute approximate surface area is 198 Å². The molecule has 0 atom stereocenters. The van der Waals surface area contributed by atoms with Gasteiger partial charge in [0.05, 0.1) is 4.90 Å². The lowest BCUT2D eigenvalue weighted by Gasteiger charge is -2.07. The summed E-state index contributed by atoms with van der Waals surface area (Å²) in [6, 6.07) is 12.5. The molecule has 0 fully saturated rings. The smallest absolute Gasteiger partial charge is 0.285 e. The number of H-pyrrole nitrogens is 1. The van der Waals surface area contributed by atoms with Gasteiger partial charge in [0.25, 0.3) is 21.5 Å². The maximum absolute atomic E-state index is 13.0. The van der Waals surface area contributed by atoms with E-state index in [1.807, 2.05) is 0 Å². The highest BCUT2D eigenvalue weighted by Gasteiger charge is 2.24. The minimum atomic E-state index is -3.99. The second-order valence-electron chi connectivity index (χ2n) is 7.10. The monoisotopic (exact) mass is 497 g/mol. The van der Waals surface area contributed by atoms with Crippen LogP contribution in [0, 0.1) is 6.92 Å². The minimum Gasteiger partial charge on any atom is -0.292 e. The lowest BCUT2D eigenvalue weighted by atomic mass is 10.0. The molecule has 10 nitrogen and oxygen atoms in total. The maximum atomic E-state index is 13.0. The van der Waals surface area contributed by atoms with E-state index in [1.165, 1.54) is 73.9 Å². The van der Waals surface area contributed by atoms with Crippen molar-refractivity contribution in [1.82, 2.24) is 19.7 Å². The summed E-state index contributed by atoms with van der Waals surface area (Å²) in [6.07, 6.45) is 2.77. The third kappa shape index (κ3) is 4.51. The number of halogens is 1. The molecule has 2 aromatic carbocycles. The summed E-state index contributed by atoms with van der Waals surface area (Å²) in [5.74, 6) is -1.42. The van der Waals surface area contributed by atoms with Crippen molar-refractivity contribution in [1.29, 1.82) is 0 Å². The molecule has 12 heteroatoms. The molecule has 0 aliphatic rings. The van der Waals surface area contributed by atoms with Gasteiger partial charge in [0.15, 0.2) is 5.78 Å². The predicted molar refractivity (Wildman–Crippen MR) is 124 cm³/mol. The van der Waals surface area contributed by atoms with Gasteiger partial charge in [-0.15, -0.1) is 0 Å². The van der Waals surface area contributed by atoms with Gasteiger partial charge >= 0.3 is 0 Å².